The van der Waals surface area contributed by atoms with Crippen LogP contribution in [0.4, 0.5) is 0 Å². The SMILES string of the molecule is CC(C)CNCC1CCCOC1C(C)C. The van der Waals surface area contributed by atoms with E-state index in [4.69, 9.17) is 4.74 Å². The molecule has 1 N–H and O–H groups in total. The van der Waals surface area contributed by atoms with Crippen molar-refractivity contribution in [3.63, 3.8) is 0 Å². The molecular formula is C13H27NO. The van der Waals surface area contributed by atoms with E-state index < -0.39 is 0 Å². The number of hydrogen-bond donors (Lipinski definition) is 1. The zero-order valence-corrected chi connectivity index (χ0v) is 10.8. The summed E-state index contributed by atoms with van der Waals surface area (Å²) in [6, 6.07) is 0. The van der Waals surface area contributed by atoms with Crippen LogP contribution in [0.2, 0.25) is 0 Å². The zero-order valence-electron chi connectivity index (χ0n) is 10.8. The molecule has 2 unspecified atom stereocenters. The van der Waals surface area contributed by atoms with Crippen molar-refractivity contribution in [3.05, 3.63) is 0 Å². The van der Waals surface area contributed by atoms with Gasteiger partial charge in [-0.1, -0.05) is 27.7 Å². The highest BCUT2D eigenvalue weighted by Gasteiger charge is 2.27. The van der Waals surface area contributed by atoms with Gasteiger partial charge in [0.2, 0.25) is 0 Å². The predicted molar refractivity (Wildman–Crippen MR) is 65.0 cm³/mol. The van der Waals surface area contributed by atoms with Gasteiger partial charge < -0.3 is 10.1 Å². The van der Waals surface area contributed by atoms with Crippen LogP contribution in [0.3, 0.4) is 0 Å². The summed E-state index contributed by atoms with van der Waals surface area (Å²) >= 11 is 0. The van der Waals surface area contributed by atoms with E-state index in [0.717, 1.165) is 31.5 Å². The molecule has 1 rings (SSSR count). The largest absolute Gasteiger partial charge is 0.378 e. The first-order valence-corrected chi connectivity index (χ1v) is 6.43. The molecule has 0 aromatic carbocycles. The second kappa shape index (κ2) is 6.49. The Balaban J connectivity index is 2.29. The van der Waals surface area contributed by atoms with Crippen molar-refractivity contribution in [1.82, 2.24) is 5.32 Å². The fourth-order valence-electron chi connectivity index (χ4n) is 2.38. The highest BCUT2D eigenvalue weighted by Crippen LogP contribution is 2.25. The molecule has 1 fully saturated rings. The molecule has 15 heavy (non-hydrogen) atoms. The van der Waals surface area contributed by atoms with E-state index in [0.29, 0.717) is 12.0 Å². The van der Waals surface area contributed by atoms with E-state index in [1.807, 2.05) is 0 Å². The van der Waals surface area contributed by atoms with Gasteiger partial charge >= 0.3 is 0 Å². The van der Waals surface area contributed by atoms with Crippen molar-refractivity contribution in [1.29, 1.82) is 0 Å². The Morgan fingerprint density at radius 1 is 1.27 bits per heavy atom. The van der Waals surface area contributed by atoms with Crippen molar-refractivity contribution in [3.8, 4) is 0 Å². The molecule has 2 heteroatoms. The minimum Gasteiger partial charge on any atom is -0.378 e. The first-order chi connectivity index (χ1) is 7.11. The molecule has 2 atom stereocenters. The maximum atomic E-state index is 5.87. The van der Waals surface area contributed by atoms with Crippen LogP contribution in [0.15, 0.2) is 0 Å². The number of hydrogen-bond acceptors (Lipinski definition) is 2. The quantitative estimate of drug-likeness (QED) is 0.758. The Bertz CT molecular complexity index is 168. The van der Waals surface area contributed by atoms with Gasteiger partial charge in [-0.25, -0.2) is 0 Å². The van der Waals surface area contributed by atoms with Gasteiger partial charge in [0.25, 0.3) is 0 Å². The molecule has 1 aliphatic rings. The summed E-state index contributed by atoms with van der Waals surface area (Å²) in [7, 11) is 0. The van der Waals surface area contributed by atoms with Crippen LogP contribution in [-0.4, -0.2) is 25.8 Å². The van der Waals surface area contributed by atoms with Crippen LogP contribution < -0.4 is 5.32 Å². The van der Waals surface area contributed by atoms with Crippen LogP contribution in [-0.2, 0) is 4.74 Å². The second-order valence-corrected chi connectivity index (χ2v) is 5.53. The minimum atomic E-state index is 0.471. The molecular weight excluding hydrogens is 186 g/mol. The highest BCUT2D eigenvalue weighted by molar-refractivity contribution is 4.78. The Kier molecular flexibility index (Phi) is 5.62. The Hall–Kier alpha value is -0.0800. The summed E-state index contributed by atoms with van der Waals surface area (Å²) in [6.07, 6.45) is 3.03. The molecule has 90 valence electrons. The van der Waals surface area contributed by atoms with E-state index >= 15 is 0 Å². The van der Waals surface area contributed by atoms with Gasteiger partial charge in [0.15, 0.2) is 0 Å². The monoisotopic (exact) mass is 213 g/mol. The molecule has 0 aromatic heterocycles. The maximum Gasteiger partial charge on any atom is 0.0638 e. The third-order valence-electron chi connectivity index (χ3n) is 3.11. The average Bonchev–Trinajstić information content (AvgIpc) is 2.17. The van der Waals surface area contributed by atoms with Gasteiger partial charge in [-0.05, 0) is 37.1 Å². The number of nitrogens with one attached hydrogen (secondary N) is 1. The van der Waals surface area contributed by atoms with E-state index in [1.54, 1.807) is 0 Å². The minimum absolute atomic E-state index is 0.471. The van der Waals surface area contributed by atoms with Gasteiger partial charge in [0, 0.05) is 13.2 Å². The number of rotatable bonds is 5. The summed E-state index contributed by atoms with van der Waals surface area (Å²) in [5.74, 6) is 2.11. The van der Waals surface area contributed by atoms with Crippen molar-refractivity contribution in [2.24, 2.45) is 17.8 Å². The van der Waals surface area contributed by atoms with Crippen molar-refractivity contribution < 1.29 is 4.74 Å². The zero-order chi connectivity index (χ0) is 11.3. The van der Waals surface area contributed by atoms with Crippen molar-refractivity contribution in [2.75, 3.05) is 19.7 Å². The fraction of sp³-hybridized carbons (Fsp3) is 1.00. The maximum absolute atomic E-state index is 5.87. The van der Waals surface area contributed by atoms with Crippen LogP contribution in [0.25, 0.3) is 0 Å². The fourth-order valence-corrected chi connectivity index (χ4v) is 2.38. The first-order valence-electron chi connectivity index (χ1n) is 6.43. The normalized spacial score (nSPS) is 27.6. The summed E-state index contributed by atoms with van der Waals surface area (Å²) < 4.78 is 5.87. The van der Waals surface area contributed by atoms with Gasteiger partial charge in [0.1, 0.15) is 0 Å². The molecule has 0 aliphatic carbocycles. The van der Waals surface area contributed by atoms with E-state index in [9.17, 15) is 0 Å². The molecule has 0 radical (unpaired) electrons. The lowest BCUT2D eigenvalue weighted by Crippen LogP contribution is -2.40. The van der Waals surface area contributed by atoms with E-state index in [2.05, 4.69) is 33.0 Å². The Morgan fingerprint density at radius 2 is 2.00 bits per heavy atom. The van der Waals surface area contributed by atoms with Gasteiger partial charge in [-0.2, -0.15) is 0 Å². The molecule has 0 bridgehead atoms. The number of ether oxygens (including phenoxy) is 1. The van der Waals surface area contributed by atoms with Crippen molar-refractivity contribution >= 4 is 0 Å². The molecule has 1 aliphatic heterocycles. The van der Waals surface area contributed by atoms with E-state index in [1.165, 1.54) is 12.8 Å². The molecule has 0 saturated carbocycles. The van der Waals surface area contributed by atoms with Gasteiger partial charge in [-0.3, -0.25) is 0 Å². The lowest BCUT2D eigenvalue weighted by molar-refractivity contribution is -0.0516. The lowest BCUT2D eigenvalue weighted by atomic mass is 9.87. The molecule has 0 spiro atoms. The summed E-state index contributed by atoms with van der Waals surface area (Å²) in [5, 5.41) is 3.56. The third kappa shape index (κ3) is 4.52. The third-order valence-corrected chi connectivity index (χ3v) is 3.11. The second-order valence-electron chi connectivity index (χ2n) is 5.53. The summed E-state index contributed by atoms with van der Waals surface area (Å²) in [4.78, 5) is 0. The highest BCUT2D eigenvalue weighted by atomic mass is 16.5. The summed E-state index contributed by atoms with van der Waals surface area (Å²) in [6.45, 7) is 12.3. The van der Waals surface area contributed by atoms with Gasteiger partial charge in [0.05, 0.1) is 6.10 Å². The van der Waals surface area contributed by atoms with Crippen LogP contribution in [0, 0.1) is 17.8 Å². The Morgan fingerprint density at radius 3 is 2.60 bits per heavy atom. The molecule has 0 amide bonds. The standard InChI is InChI=1S/C13H27NO/c1-10(2)8-14-9-12-6-5-7-15-13(12)11(3)4/h10-14H,5-9H2,1-4H3. The molecule has 1 saturated heterocycles. The molecule has 1 heterocycles. The molecule has 2 nitrogen and oxygen atoms in total. The first kappa shape index (κ1) is 13.0. The smallest absolute Gasteiger partial charge is 0.0638 e. The van der Waals surface area contributed by atoms with E-state index in [-0.39, 0.29) is 0 Å². The molecule has 0 aromatic rings. The van der Waals surface area contributed by atoms with Crippen LogP contribution in [0.5, 0.6) is 0 Å². The van der Waals surface area contributed by atoms with Crippen LogP contribution in [0.1, 0.15) is 40.5 Å². The topological polar surface area (TPSA) is 21.3 Å². The lowest BCUT2D eigenvalue weighted by Gasteiger charge is -2.34. The van der Waals surface area contributed by atoms with Crippen molar-refractivity contribution in [2.45, 2.75) is 46.6 Å². The summed E-state index contributed by atoms with van der Waals surface area (Å²) in [5.41, 5.74) is 0. The predicted octanol–water partition coefficient (Wildman–Crippen LogP) is 2.68. The Labute approximate surface area is 94.8 Å². The van der Waals surface area contributed by atoms with Crippen LogP contribution >= 0.6 is 0 Å². The van der Waals surface area contributed by atoms with Gasteiger partial charge in [-0.15, -0.1) is 0 Å². The average molecular weight is 213 g/mol.